The van der Waals surface area contributed by atoms with Gasteiger partial charge in [0.2, 0.25) is 17.7 Å². The summed E-state index contributed by atoms with van der Waals surface area (Å²) in [5.74, 6) is -0.0759. The van der Waals surface area contributed by atoms with Gasteiger partial charge in [-0.1, -0.05) is 6.92 Å². The third kappa shape index (κ3) is 3.24. The van der Waals surface area contributed by atoms with Crippen LogP contribution in [0.5, 0.6) is 0 Å². The molecule has 0 saturated carbocycles. The van der Waals surface area contributed by atoms with Gasteiger partial charge in [-0.25, -0.2) is 0 Å². The molecule has 2 aliphatic rings. The van der Waals surface area contributed by atoms with Gasteiger partial charge in [0.1, 0.15) is 0 Å². The van der Waals surface area contributed by atoms with Crippen molar-refractivity contribution in [1.82, 2.24) is 15.1 Å². The van der Waals surface area contributed by atoms with Crippen molar-refractivity contribution in [3.63, 3.8) is 0 Å². The van der Waals surface area contributed by atoms with Crippen molar-refractivity contribution in [2.75, 3.05) is 32.7 Å². The fraction of sp³-hybridized carbons (Fsp3) is 0.769. The van der Waals surface area contributed by atoms with Crippen LogP contribution in [0.25, 0.3) is 0 Å². The first-order valence-electron chi connectivity index (χ1n) is 6.95. The number of amides is 3. The van der Waals surface area contributed by atoms with Crippen LogP contribution in [-0.4, -0.2) is 60.2 Å². The van der Waals surface area contributed by atoms with E-state index in [1.54, 1.807) is 4.90 Å². The summed E-state index contributed by atoms with van der Waals surface area (Å²) in [6.07, 6.45) is 1.62. The zero-order valence-electron chi connectivity index (χ0n) is 11.4. The number of rotatable bonds is 2. The van der Waals surface area contributed by atoms with E-state index in [4.69, 9.17) is 0 Å². The minimum absolute atomic E-state index is 0.0454. The number of hydrogen-bond acceptors (Lipinski definition) is 3. The summed E-state index contributed by atoms with van der Waals surface area (Å²) in [6, 6.07) is 0. The summed E-state index contributed by atoms with van der Waals surface area (Å²) in [5, 5.41) is 2.69. The van der Waals surface area contributed by atoms with Crippen molar-refractivity contribution in [2.45, 2.75) is 26.2 Å². The number of carbonyl (C=O) groups is 3. The van der Waals surface area contributed by atoms with Crippen LogP contribution in [0, 0.1) is 5.92 Å². The molecular weight excluding hydrogens is 246 g/mol. The number of hydrogen-bond donors (Lipinski definition) is 1. The highest BCUT2D eigenvalue weighted by atomic mass is 16.2. The van der Waals surface area contributed by atoms with E-state index in [1.165, 1.54) is 0 Å². The van der Waals surface area contributed by atoms with Crippen molar-refractivity contribution >= 4 is 17.7 Å². The Morgan fingerprint density at radius 3 is 2.53 bits per heavy atom. The van der Waals surface area contributed by atoms with Crippen molar-refractivity contribution < 1.29 is 14.4 Å². The highest BCUT2D eigenvalue weighted by Crippen LogP contribution is 2.15. The zero-order valence-corrected chi connectivity index (χ0v) is 11.4. The second kappa shape index (κ2) is 6.04. The maximum absolute atomic E-state index is 12.3. The highest BCUT2D eigenvalue weighted by molar-refractivity contribution is 5.89. The lowest BCUT2D eigenvalue weighted by molar-refractivity contribution is -0.136. The monoisotopic (exact) mass is 267 g/mol. The van der Waals surface area contributed by atoms with Crippen LogP contribution in [0.4, 0.5) is 0 Å². The van der Waals surface area contributed by atoms with Crippen LogP contribution in [-0.2, 0) is 14.4 Å². The molecule has 19 heavy (non-hydrogen) atoms. The van der Waals surface area contributed by atoms with Gasteiger partial charge in [0, 0.05) is 45.6 Å². The van der Waals surface area contributed by atoms with Crippen molar-refractivity contribution in [1.29, 1.82) is 0 Å². The maximum atomic E-state index is 12.3. The molecule has 0 spiro atoms. The molecule has 106 valence electrons. The van der Waals surface area contributed by atoms with Crippen LogP contribution in [0.2, 0.25) is 0 Å². The third-order valence-corrected chi connectivity index (χ3v) is 3.79. The first-order valence-corrected chi connectivity index (χ1v) is 6.95. The zero-order chi connectivity index (χ0) is 13.8. The van der Waals surface area contributed by atoms with Gasteiger partial charge in [-0.15, -0.1) is 0 Å². The number of nitrogens with zero attached hydrogens (tertiary/aromatic N) is 2. The Morgan fingerprint density at radius 2 is 1.89 bits per heavy atom. The van der Waals surface area contributed by atoms with Crippen molar-refractivity contribution in [2.24, 2.45) is 5.92 Å². The van der Waals surface area contributed by atoms with Gasteiger partial charge in [0.05, 0.1) is 5.92 Å². The van der Waals surface area contributed by atoms with Gasteiger partial charge in [-0.05, 0) is 6.42 Å². The minimum atomic E-state index is -0.221. The summed E-state index contributed by atoms with van der Waals surface area (Å²) < 4.78 is 0. The van der Waals surface area contributed by atoms with Crippen LogP contribution in [0.3, 0.4) is 0 Å². The van der Waals surface area contributed by atoms with E-state index in [1.807, 2.05) is 11.8 Å². The van der Waals surface area contributed by atoms with Gasteiger partial charge < -0.3 is 15.1 Å². The lowest BCUT2D eigenvalue weighted by Gasteiger charge is -2.23. The number of carbonyl (C=O) groups excluding carboxylic acids is 3. The molecule has 6 nitrogen and oxygen atoms in total. The normalized spacial score (nSPS) is 24.1. The van der Waals surface area contributed by atoms with E-state index in [0.717, 1.165) is 13.0 Å². The van der Waals surface area contributed by atoms with E-state index in [2.05, 4.69) is 5.32 Å². The van der Waals surface area contributed by atoms with Crippen LogP contribution in [0.15, 0.2) is 0 Å². The summed E-state index contributed by atoms with van der Waals surface area (Å²) in [7, 11) is 0. The van der Waals surface area contributed by atoms with Gasteiger partial charge in [0.15, 0.2) is 0 Å². The third-order valence-electron chi connectivity index (χ3n) is 3.79. The summed E-state index contributed by atoms with van der Waals surface area (Å²) in [4.78, 5) is 38.7. The standard InChI is InChI=1S/C13H21N3O3/c1-2-12(18)15-4-3-5-16(7-6-15)13(19)10-8-11(17)14-9-10/h10H,2-9H2,1H3,(H,14,17). The SMILES string of the molecule is CCC(=O)N1CCCN(C(=O)C2CNC(=O)C2)CC1. The highest BCUT2D eigenvalue weighted by Gasteiger charge is 2.32. The number of nitrogens with one attached hydrogen (secondary N) is 1. The van der Waals surface area contributed by atoms with Crippen LogP contribution >= 0.6 is 0 Å². The predicted molar refractivity (Wildman–Crippen MR) is 69.2 cm³/mol. The van der Waals surface area contributed by atoms with Crippen molar-refractivity contribution in [3.8, 4) is 0 Å². The Balaban J connectivity index is 1.90. The molecule has 2 saturated heterocycles. The van der Waals surface area contributed by atoms with E-state index in [0.29, 0.717) is 39.0 Å². The molecule has 3 amide bonds. The molecule has 0 bridgehead atoms. The van der Waals surface area contributed by atoms with Crippen LogP contribution < -0.4 is 5.32 Å². The quantitative estimate of drug-likeness (QED) is 0.739. The molecular formula is C13H21N3O3. The van der Waals surface area contributed by atoms with Gasteiger partial charge in [-0.2, -0.15) is 0 Å². The summed E-state index contributed by atoms with van der Waals surface area (Å²) in [5.41, 5.74) is 0. The van der Waals surface area contributed by atoms with Crippen molar-refractivity contribution in [3.05, 3.63) is 0 Å². The molecule has 1 unspecified atom stereocenters. The lowest BCUT2D eigenvalue weighted by Crippen LogP contribution is -2.40. The fourth-order valence-corrected chi connectivity index (χ4v) is 2.65. The molecule has 0 aliphatic carbocycles. The molecule has 0 aromatic heterocycles. The Morgan fingerprint density at radius 1 is 1.21 bits per heavy atom. The van der Waals surface area contributed by atoms with E-state index >= 15 is 0 Å². The predicted octanol–water partition coefficient (Wildman–Crippen LogP) is -0.407. The molecule has 2 rings (SSSR count). The first-order chi connectivity index (χ1) is 9.11. The molecule has 2 aliphatic heterocycles. The summed E-state index contributed by atoms with van der Waals surface area (Å²) in [6.45, 7) is 4.88. The van der Waals surface area contributed by atoms with E-state index in [-0.39, 0.29) is 23.6 Å². The molecule has 6 heteroatoms. The Labute approximate surface area is 113 Å². The molecule has 0 radical (unpaired) electrons. The maximum Gasteiger partial charge on any atom is 0.228 e. The Hall–Kier alpha value is -1.59. The molecule has 0 aromatic carbocycles. The second-order valence-corrected chi connectivity index (χ2v) is 5.12. The minimum Gasteiger partial charge on any atom is -0.355 e. The van der Waals surface area contributed by atoms with E-state index < -0.39 is 0 Å². The first kappa shape index (κ1) is 13.8. The molecule has 2 heterocycles. The van der Waals surface area contributed by atoms with E-state index in [9.17, 15) is 14.4 Å². The topological polar surface area (TPSA) is 69.7 Å². The average Bonchev–Trinajstić information content (AvgIpc) is 2.71. The molecule has 2 fully saturated rings. The fourth-order valence-electron chi connectivity index (χ4n) is 2.65. The average molecular weight is 267 g/mol. The lowest BCUT2D eigenvalue weighted by atomic mass is 10.1. The van der Waals surface area contributed by atoms with Crippen LogP contribution in [0.1, 0.15) is 26.2 Å². The molecule has 0 aromatic rings. The Bertz CT molecular complexity index is 383. The second-order valence-electron chi connectivity index (χ2n) is 5.12. The Kier molecular flexibility index (Phi) is 4.39. The molecule has 1 N–H and O–H groups in total. The largest absolute Gasteiger partial charge is 0.355 e. The van der Waals surface area contributed by atoms with Gasteiger partial charge in [-0.3, -0.25) is 14.4 Å². The van der Waals surface area contributed by atoms with Gasteiger partial charge >= 0.3 is 0 Å². The molecule has 1 atom stereocenters. The smallest absolute Gasteiger partial charge is 0.228 e. The van der Waals surface area contributed by atoms with Gasteiger partial charge in [0.25, 0.3) is 0 Å². The summed E-state index contributed by atoms with van der Waals surface area (Å²) >= 11 is 0.